The predicted molar refractivity (Wildman–Crippen MR) is 37.9 cm³/mol. The molecule has 1 N–H and O–H groups in total. The molecule has 0 atom stereocenters. The Hall–Kier alpha value is -0.680. The van der Waals surface area contributed by atoms with Gasteiger partial charge in [-0.15, -0.1) is 0 Å². The van der Waals surface area contributed by atoms with Crippen LogP contribution in [0.15, 0.2) is 0 Å². The first-order valence-corrected chi connectivity index (χ1v) is 3.31. The summed E-state index contributed by atoms with van der Waals surface area (Å²) in [6.07, 6.45) is 0. The molecule has 1 aliphatic rings. The summed E-state index contributed by atoms with van der Waals surface area (Å²) in [7, 11) is 0. The van der Waals surface area contributed by atoms with Crippen LogP contribution in [0.4, 0.5) is 0 Å². The number of rotatable bonds is 0. The minimum atomic E-state index is 1.07. The van der Waals surface area contributed by atoms with Crippen molar-refractivity contribution in [1.29, 1.82) is 0 Å². The summed E-state index contributed by atoms with van der Waals surface area (Å²) in [5.41, 5.74) is 0. The molecule has 1 fully saturated rings. The number of nitrogens with one attached hydrogen (secondary N) is 1. The maximum atomic E-state index is 3.26. The molecule has 0 radical (unpaired) electrons. The van der Waals surface area contributed by atoms with E-state index in [1.165, 1.54) is 0 Å². The lowest BCUT2D eigenvalue weighted by atomic mass is 10.4. The summed E-state index contributed by atoms with van der Waals surface area (Å²) in [6.45, 7) is 6.17. The molecule has 2 nitrogen and oxygen atoms in total. The van der Waals surface area contributed by atoms with Crippen LogP contribution in [0.25, 0.3) is 0 Å². The lowest BCUT2D eigenvalue weighted by molar-refractivity contribution is 0.341. The first kappa shape index (κ1) is 6.44. The average Bonchev–Trinajstić information content (AvgIpc) is 1.91. The second-order valence-electron chi connectivity index (χ2n) is 2.10. The van der Waals surface area contributed by atoms with Crippen molar-refractivity contribution >= 4 is 0 Å². The fourth-order valence-electron chi connectivity index (χ4n) is 0.935. The minimum Gasteiger partial charge on any atom is -0.330 e. The number of nitrogens with zero attached hydrogens (tertiary/aromatic N) is 1. The van der Waals surface area contributed by atoms with E-state index in [0.29, 0.717) is 0 Å². The molecular weight excluding hydrogens is 112 g/mol. The number of piperazine rings is 1. The quantitative estimate of drug-likeness (QED) is 0.453. The van der Waals surface area contributed by atoms with Gasteiger partial charge in [0.15, 0.2) is 0 Å². The molecule has 9 heavy (non-hydrogen) atoms. The van der Waals surface area contributed by atoms with Crippen LogP contribution in [0, 0.1) is 12.0 Å². The molecule has 1 saturated heterocycles. The van der Waals surface area contributed by atoms with Crippen molar-refractivity contribution in [2.45, 2.75) is 6.92 Å². The van der Waals surface area contributed by atoms with Crippen molar-refractivity contribution in [3.8, 4) is 12.0 Å². The molecule has 0 aromatic heterocycles. The van der Waals surface area contributed by atoms with Crippen molar-refractivity contribution in [3.05, 3.63) is 0 Å². The summed E-state index contributed by atoms with van der Waals surface area (Å²) in [4.78, 5) is 2.15. The van der Waals surface area contributed by atoms with Crippen LogP contribution in [0.3, 0.4) is 0 Å². The van der Waals surface area contributed by atoms with Crippen LogP contribution in [0.2, 0.25) is 0 Å². The minimum absolute atomic E-state index is 1.07. The fourth-order valence-corrected chi connectivity index (χ4v) is 0.935. The van der Waals surface area contributed by atoms with Gasteiger partial charge in [0.05, 0.1) is 0 Å². The zero-order chi connectivity index (χ0) is 6.53. The van der Waals surface area contributed by atoms with Crippen LogP contribution < -0.4 is 5.32 Å². The zero-order valence-electron chi connectivity index (χ0n) is 5.78. The number of hydrogen-bond donors (Lipinski definition) is 1. The van der Waals surface area contributed by atoms with Crippen molar-refractivity contribution in [2.75, 3.05) is 26.2 Å². The Morgan fingerprint density at radius 1 is 1.33 bits per heavy atom. The highest BCUT2D eigenvalue weighted by Crippen LogP contribution is 1.87. The fraction of sp³-hybridized carbons (Fsp3) is 0.714. The first-order valence-electron chi connectivity index (χ1n) is 3.31. The van der Waals surface area contributed by atoms with Gasteiger partial charge in [0.25, 0.3) is 0 Å². The maximum Gasteiger partial charge on any atom is 0.0386 e. The van der Waals surface area contributed by atoms with Gasteiger partial charge in [-0.2, -0.15) is 0 Å². The molecule has 0 aliphatic carbocycles. The molecule has 0 bridgehead atoms. The van der Waals surface area contributed by atoms with Crippen molar-refractivity contribution in [2.24, 2.45) is 0 Å². The van der Waals surface area contributed by atoms with Gasteiger partial charge >= 0.3 is 0 Å². The third-order valence-corrected chi connectivity index (χ3v) is 1.39. The average molecular weight is 124 g/mol. The summed E-state index contributed by atoms with van der Waals surface area (Å²) in [6, 6.07) is 3.03. The van der Waals surface area contributed by atoms with Gasteiger partial charge in [0, 0.05) is 32.2 Å². The predicted octanol–water partition coefficient (Wildman–Crippen LogP) is -0.128. The van der Waals surface area contributed by atoms with E-state index >= 15 is 0 Å². The lowest BCUT2D eigenvalue weighted by Crippen LogP contribution is -2.40. The molecule has 0 spiro atoms. The third kappa shape index (κ3) is 1.95. The van der Waals surface area contributed by atoms with Crippen LogP contribution >= 0.6 is 0 Å². The Balaban J connectivity index is 2.28. The Labute approximate surface area is 56.2 Å². The standard InChI is InChI=1S/C7H12N2/c1-2-5-9-6-3-8-4-7-9/h8H,3-4,6-7H2,1H3. The van der Waals surface area contributed by atoms with Gasteiger partial charge in [0.2, 0.25) is 0 Å². The van der Waals surface area contributed by atoms with E-state index in [2.05, 4.69) is 22.2 Å². The van der Waals surface area contributed by atoms with E-state index in [1.54, 1.807) is 0 Å². The smallest absolute Gasteiger partial charge is 0.0386 e. The van der Waals surface area contributed by atoms with E-state index in [4.69, 9.17) is 0 Å². The van der Waals surface area contributed by atoms with Gasteiger partial charge in [-0.25, -0.2) is 0 Å². The Kier molecular flexibility index (Phi) is 2.41. The molecule has 0 aromatic rings. The monoisotopic (exact) mass is 124 g/mol. The second-order valence-corrected chi connectivity index (χ2v) is 2.10. The van der Waals surface area contributed by atoms with E-state index in [9.17, 15) is 0 Å². The molecule has 50 valence electrons. The van der Waals surface area contributed by atoms with Crippen molar-refractivity contribution < 1.29 is 0 Å². The van der Waals surface area contributed by atoms with Crippen LogP contribution in [-0.2, 0) is 0 Å². The van der Waals surface area contributed by atoms with E-state index in [-0.39, 0.29) is 0 Å². The topological polar surface area (TPSA) is 15.3 Å². The lowest BCUT2D eigenvalue weighted by Gasteiger charge is -2.22. The van der Waals surface area contributed by atoms with Gasteiger partial charge in [-0.1, -0.05) is 5.92 Å². The van der Waals surface area contributed by atoms with Gasteiger partial charge in [0.1, 0.15) is 0 Å². The summed E-state index contributed by atoms with van der Waals surface area (Å²) in [5, 5.41) is 3.26. The van der Waals surface area contributed by atoms with Crippen LogP contribution in [0.1, 0.15) is 6.92 Å². The summed E-state index contributed by atoms with van der Waals surface area (Å²) < 4.78 is 0. The largest absolute Gasteiger partial charge is 0.330 e. The molecule has 1 rings (SSSR count). The first-order chi connectivity index (χ1) is 4.43. The third-order valence-electron chi connectivity index (χ3n) is 1.39. The highest BCUT2D eigenvalue weighted by molar-refractivity contribution is 4.96. The van der Waals surface area contributed by atoms with Gasteiger partial charge in [-0.05, 0) is 6.92 Å². The van der Waals surface area contributed by atoms with Crippen LogP contribution in [0.5, 0.6) is 0 Å². The molecule has 0 aromatic carbocycles. The SMILES string of the molecule is CC#CN1CCNCC1. The van der Waals surface area contributed by atoms with E-state index in [0.717, 1.165) is 26.2 Å². The Morgan fingerprint density at radius 2 is 2.00 bits per heavy atom. The van der Waals surface area contributed by atoms with Gasteiger partial charge in [-0.3, -0.25) is 0 Å². The Morgan fingerprint density at radius 3 is 2.56 bits per heavy atom. The zero-order valence-corrected chi connectivity index (χ0v) is 5.78. The van der Waals surface area contributed by atoms with Crippen molar-refractivity contribution in [1.82, 2.24) is 10.2 Å². The molecule has 0 amide bonds. The molecule has 1 heterocycles. The Bertz CT molecular complexity index is 126. The van der Waals surface area contributed by atoms with Gasteiger partial charge < -0.3 is 10.2 Å². The summed E-state index contributed by atoms with van der Waals surface area (Å²) in [5.74, 6) is 2.89. The number of hydrogen-bond acceptors (Lipinski definition) is 2. The molecule has 2 heteroatoms. The van der Waals surface area contributed by atoms with E-state index in [1.807, 2.05) is 6.92 Å². The second kappa shape index (κ2) is 3.37. The molecule has 1 aliphatic heterocycles. The molecule has 0 saturated carbocycles. The highest BCUT2D eigenvalue weighted by Gasteiger charge is 2.03. The molecular formula is C7H12N2. The molecule has 0 unspecified atom stereocenters. The van der Waals surface area contributed by atoms with Crippen LogP contribution in [-0.4, -0.2) is 31.1 Å². The van der Waals surface area contributed by atoms with Crippen molar-refractivity contribution in [3.63, 3.8) is 0 Å². The maximum absolute atomic E-state index is 3.26. The van der Waals surface area contributed by atoms with E-state index < -0.39 is 0 Å². The normalized spacial score (nSPS) is 18.6. The summed E-state index contributed by atoms with van der Waals surface area (Å²) >= 11 is 0. The highest BCUT2D eigenvalue weighted by atomic mass is 15.2.